The maximum Gasteiger partial charge on any atom is 0.264 e. The number of carbonyl (C=O) groups is 2. The number of nitrogens with one attached hydrogen (secondary N) is 1. The molecule has 1 unspecified atom stereocenters. The van der Waals surface area contributed by atoms with Crippen LogP contribution >= 0.6 is 23.2 Å². The fourth-order valence-corrected chi connectivity index (χ4v) is 7.31. The van der Waals surface area contributed by atoms with Crippen molar-refractivity contribution in [2.45, 2.75) is 44.2 Å². The molecule has 0 spiro atoms. The van der Waals surface area contributed by atoms with Crippen LogP contribution in [0, 0.1) is 6.92 Å². The van der Waals surface area contributed by atoms with Crippen LogP contribution in [0.5, 0.6) is 11.5 Å². The van der Waals surface area contributed by atoms with E-state index in [0.717, 1.165) is 15.4 Å². The molecule has 0 aliphatic heterocycles. The first-order valence-electron chi connectivity index (χ1n) is 16.5. The first kappa shape index (κ1) is 37.4. The fourth-order valence-electron chi connectivity index (χ4n) is 5.42. The number of anilines is 1. The van der Waals surface area contributed by atoms with Gasteiger partial charge in [-0.2, -0.15) is 0 Å². The van der Waals surface area contributed by atoms with E-state index >= 15 is 0 Å². The number of sulfonamides is 1. The van der Waals surface area contributed by atoms with E-state index in [1.165, 1.54) is 17.0 Å². The number of ether oxygens (including phenoxy) is 1. The molecule has 264 valence electrons. The van der Waals surface area contributed by atoms with Gasteiger partial charge in [-0.3, -0.25) is 13.9 Å². The number of rotatable bonds is 15. The number of carbonyl (C=O) groups excluding carboxylic acids is 2. The van der Waals surface area contributed by atoms with Gasteiger partial charge in [0, 0.05) is 29.6 Å². The molecule has 5 rings (SSSR count). The van der Waals surface area contributed by atoms with E-state index in [1.807, 2.05) is 74.5 Å². The third kappa shape index (κ3) is 9.91. The minimum absolute atomic E-state index is 0.0133. The number of halogens is 2. The minimum atomic E-state index is -4.28. The van der Waals surface area contributed by atoms with E-state index in [9.17, 15) is 18.0 Å². The Morgan fingerprint density at radius 2 is 1.43 bits per heavy atom. The van der Waals surface area contributed by atoms with Gasteiger partial charge in [-0.1, -0.05) is 102 Å². The second-order valence-electron chi connectivity index (χ2n) is 12.0. The van der Waals surface area contributed by atoms with Crippen molar-refractivity contribution in [3.63, 3.8) is 0 Å². The highest BCUT2D eigenvalue weighted by Gasteiger charge is 2.35. The van der Waals surface area contributed by atoms with E-state index in [-0.39, 0.29) is 29.5 Å². The predicted octanol–water partition coefficient (Wildman–Crippen LogP) is 8.46. The fraction of sp³-hybridized carbons (Fsp3) is 0.200. The number of hydrogen-bond acceptors (Lipinski definition) is 5. The zero-order valence-corrected chi connectivity index (χ0v) is 30.7. The summed E-state index contributed by atoms with van der Waals surface area (Å²) in [5.41, 5.74) is 2.49. The molecule has 0 saturated carbocycles. The van der Waals surface area contributed by atoms with Crippen LogP contribution in [-0.2, 0) is 32.6 Å². The summed E-state index contributed by atoms with van der Waals surface area (Å²) in [6.45, 7) is 3.52. The minimum Gasteiger partial charge on any atom is -0.457 e. The van der Waals surface area contributed by atoms with Gasteiger partial charge in [0.1, 0.15) is 24.1 Å². The van der Waals surface area contributed by atoms with Crippen molar-refractivity contribution in [2.24, 2.45) is 0 Å². The zero-order valence-electron chi connectivity index (χ0n) is 28.3. The molecule has 0 aliphatic carbocycles. The lowest BCUT2D eigenvalue weighted by Gasteiger charge is -2.34. The monoisotopic (exact) mass is 743 g/mol. The molecule has 0 bridgehead atoms. The average Bonchev–Trinajstić information content (AvgIpc) is 3.13. The summed E-state index contributed by atoms with van der Waals surface area (Å²) in [5, 5.41) is 3.66. The Bertz CT molecular complexity index is 2030. The second kappa shape index (κ2) is 17.4. The van der Waals surface area contributed by atoms with Crippen molar-refractivity contribution < 1.29 is 22.7 Å². The third-order valence-electron chi connectivity index (χ3n) is 8.17. The van der Waals surface area contributed by atoms with Crippen LogP contribution in [0.3, 0.4) is 0 Å². The smallest absolute Gasteiger partial charge is 0.264 e. The quantitative estimate of drug-likeness (QED) is 0.116. The van der Waals surface area contributed by atoms with Crippen LogP contribution in [0.2, 0.25) is 10.0 Å². The highest BCUT2D eigenvalue weighted by Crippen LogP contribution is 2.30. The van der Waals surface area contributed by atoms with Crippen molar-refractivity contribution in [1.29, 1.82) is 0 Å². The Labute approximate surface area is 309 Å². The number of para-hydroxylation sites is 1. The van der Waals surface area contributed by atoms with Gasteiger partial charge in [0.15, 0.2) is 0 Å². The van der Waals surface area contributed by atoms with E-state index in [1.54, 1.807) is 54.6 Å². The summed E-state index contributed by atoms with van der Waals surface area (Å²) in [6.07, 6.45) is 0.872. The van der Waals surface area contributed by atoms with E-state index in [2.05, 4.69) is 5.32 Å². The molecule has 1 N–H and O–H groups in total. The summed E-state index contributed by atoms with van der Waals surface area (Å²) in [4.78, 5) is 30.0. The van der Waals surface area contributed by atoms with Gasteiger partial charge in [-0.05, 0) is 85.1 Å². The molecular weight excluding hydrogens is 705 g/mol. The molecular formula is C40H39Cl2N3O5S. The van der Waals surface area contributed by atoms with Crippen LogP contribution in [0.25, 0.3) is 0 Å². The predicted molar refractivity (Wildman–Crippen MR) is 203 cm³/mol. The molecule has 0 heterocycles. The Hall–Kier alpha value is -4.83. The molecule has 5 aromatic carbocycles. The van der Waals surface area contributed by atoms with Crippen molar-refractivity contribution in [3.05, 3.63) is 154 Å². The maximum atomic E-state index is 14.7. The molecule has 0 radical (unpaired) electrons. The van der Waals surface area contributed by atoms with Crippen LogP contribution in [0.15, 0.2) is 132 Å². The van der Waals surface area contributed by atoms with Crippen molar-refractivity contribution in [2.75, 3.05) is 17.4 Å². The van der Waals surface area contributed by atoms with Crippen molar-refractivity contribution in [3.8, 4) is 11.5 Å². The van der Waals surface area contributed by atoms with Crippen molar-refractivity contribution >= 4 is 50.7 Å². The summed E-state index contributed by atoms with van der Waals surface area (Å²) in [5.74, 6) is 0.133. The van der Waals surface area contributed by atoms with Crippen LogP contribution in [-0.4, -0.2) is 44.3 Å². The summed E-state index contributed by atoms with van der Waals surface area (Å²) in [7, 11) is -4.28. The Morgan fingerprint density at radius 1 is 0.804 bits per heavy atom. The molecule has 2 amide bonds. The lowest BCUT2D eigenvalue weighted by atomic mass is 10.0. The summed E-state index contributed by atoms with van der Waals surface area (Å²) >= 11 is 12.8. The number of benzene rings is 5. The van der Waals surface area contributed by atoms with Gasteiger partial charge in [0.25, 0.3) is 10.0 Å². The molecule has 11 heteroatoms. The van der Waals surface area contributed by atoms with Gasteiger partial charge in [-0.25, -0.2) is 8.42 Å². The molecule has 51 heavy (non-hydrogen) atoms. The molecule has 0 aliphatic rings. The van der Waals surface area contributed by atoms with Crippen LogP contribution in [0.4, 0.5) is 5.69 Å². The zero-order chi connectivity index (χ0) is 36.4. The molecule has 1 atom stereocenters. The lowest BCUT2D eigenvalue weighted by Crippen LogP contribution is -2.53. The number of aryl methyl sites for hydroxylation is 1. The molecule has 0 aromatic heterocycles. The van der Waals surface area contributed by atoms with Crippen LogP contribution in [0.1, 0.15) is 30.0 Å². The van der Waals surface area contributed by atoms with Gasteiger partial charge in [-0.15, -0.1) is 0 Å². The lowest BCUT2D eigenvalue weighted by molar-refractivity contribution is -0.140. The normalized spacial score (nSPS) is 11.8. The Balaban J connectivity index is 1.57. The first-order chi connectivity index (χ1) is 24.5. The Morgan fingerprint density at radius 3 is 2.06 bits per heavy atom. The number of amides is 2. The largest absolute Gasteiger partial charge is 0.457 e. The molecule has 0 fully saturated rings. The van der Waals surface area contributed by atoms with E-state index < -0.39 is 28.5 Å². The average molecular weight is 745 g/mol. The first-order valence-corrected chi connectivity index (χ1v) is 18.7. The third-order valence-corrected chi connectivity index (χ3v) is 10.5. The summed E-state index contributed by atoms with van der Waals surface area (Å²) in [6, 6.07) is 35.4. The molecule has 0 saturated heterocycles. The second-order valence-corrected chi connectivity index (χ2v) is 14.7. The standard InChI is InChI=1S/C40H39Cl2N3O5S/c1-3-24-43-40(47)38(25-30-10-6-4-7-11-30)44(27-31-16-17-32(41)26-37(31)42)39(46)28-45(51(48,49)36-22-14-29(2)15-23-36)33-18-20-35(21-19-33)50-34-12-8-5-9-13-34/h4-23,26,38H,3,24-25,27-28H2,1-2H3,(H,43,47). The SMILES string of the molecule is CCCNC(=O)C(Cc1ccccc1)N(Cc1ccc(Cl)cc1Cl)C(=O)CN(c1ccc(Oc2ccccc2)cc1)S(=O)(=O)c1ccc(C)cc1. The van der Waals surface area contributed by atoms with Crippen LogP contribution < -0.4 is 14.4 Å². The Kier molecular flexibility index (Phi) is 12.8. The van der Waals surface area contributed by atoms with Crippen molar-refractivity contribution in [1.82, 2.24) is 10.2 Å². The van der Waals surface area contributed by atoms with Gasteiger partial charge < -0.3 is 15.0 Å². The maximum absolute atomic E-state index is 14.7. The van der Waals surface area contributed by atoms with E-state index in [4.69, 9.17) is 27.9 Å². The highest BCUT2D eigenvalue weighted by atomic mass is 35.5. The van der Waals surface area contributed by atoms with Gasteiger partial charge in [0.05, 0.1) is 10.6 Å². The van der Waals surface area contributed by atoms with Gasteiger partial charge >= 0.3 is 0 Å². The summed E-state index contributed by atoms with van der Waals surface area (Å²) < 4.78 is 35.7. The number of nitrogens with zero attached hydrogens (tertiary/aromatic N) is 2. The molecule has 5 aromatic rings. The molecule has 8 nitrogen and oxygen atoms in total. The topological polar surface area (TPSA) is 96.0 Å². The van der Waals surface area contributed by atoms with E-state index in [0.29, 0.717) is 40.1 Å². The number of hydrogen-bond donors (Lipinski definition) is 1. The highest BCUT2D eigenvalue weighted by molar-refractivity contribution is 7.92. The van der Waals surface area contributed by atoms with Gasteiger partial charge in [0.2, 0.25) is 11.8 Å².